The summed E-state index contributed by atoms with van der Waals surface area (Å²) in [4.78, 5) is 12.3. The van der Waals surface area contributed by atoms with Crippen LogP contribution in [0.2, 0.25) is 0 Å². The van der Waals surface area contributed by atoms with Crippen molar-refractivity contribution in [3.05, 3.63) is 64.2 Å². The first kappa shape index (κ1) is 20.6. The van der Waals surface area contributed by atoms with Crippen LogP contribution in [0.3, 0.4) is 0 Å². The molecular formula is C20H22F3N5O. The van der Waals surface area contributed by atoms with E-state index in [1.807, 2.05) is 13.8 Å². The SMILES string of the molecule is Cc1cc(C)n(-c2ccc(CNC(=O)c3cc(C(C)C)[nH]n3)c(C(F)(F)F)c2)n1. The van der Waals surface area contributed by atoms with E-state index in [0.717, 1.165) is 17.5 Å². The Kier molecular flexibility index (Phi) is 5.50. The fraction of sp³-hybridized carbons (Fsp3) is 0.350. The van der Waals surface area contributed by atoms with Gasteiger partial charge in [-0.05, 0) is 49.6 Å². The van der Waals surface area contributed by atoms with Gasteiger partial charge in [-0.3, -0.25) is 9.89 Å². The fourth-order valence-electron chi connectivity index (χ4n) is 3.02. The molecule has 0 atom stereocenters. The zero-order valence-corrected chi connectivity index (χ0v) is 16.6. The van der Waals surface area contributed by atoms with Gasteiger partial charge >= 0.3 is 6.18 Å². The van der Waals surface area contributed by atoms with Crippen LogP contribution in [0.25, 0.3) is 5.69 Å². The van der Waals surface area contributed by atoms with Crippen LogP contribution in [0.15, 0.2) is 30.3 Å². The summed E-state index contributed by atoms with van der Waals surface area (Å²) >= 11 is 0. The highest BCUT2D eigenvalue weighted by atomic mass is 19.4. The molecule has 0 saturated heterocycles. The Morgan fingerprint density at radius 1 is 1.21 bits per heavy atom. The number of carbonyl (C=O) groups excluding carboxylic acids is 1. The predicted molar refractivity (Wildman–Crippen MR) is 102 cm³/mol. The van der Waals surface area contributed by atoms with Crippen LogP contribution in [0.1, 0.15) is 58.5 Å². The average molecular weight is 405 g/mol. The molecule has 6 nitrogen and oxygen atoms in total. The van der Waals surface area contributed by atoms with Crippen molar-refractivity contribution in [3.8, 4) is 5.69 Å². The summed E-state index contributed by atoms with van der Waals surface area (Å²) in [6.45, 7) is 7.16. The zero-order valence-electron chi connectivity index (χ0n) is 16.6. The molecule has 9 heteroatoms. The molecule has 1 amide bonds. The van der Waals surface area contributed by atoms with E-state index >= 15 is 0 Å². The number of nitrogens with zero attached hydrogens (tertiary/aromatic N) is 3. The molecular weight excluding hydrogens is 383 g/mol. The van der Waals surface area contributed by atoms with E-state index in [4.69, 9.17) is 0 Å². The van der Waals surface area contributed by atoms with Crippen molar-refractivity contribution in [1.29, 1.82) is 0 Å². The van der Waals surface area contributed by atoms with Crippen molar-refractivity contribution in [1.82, 2.24) is 25.3 Å². The maximum absolute atomic E-state index is 13.6. The van der Waals surface area contributed by atoms with Crippen LogP contribution >= 0.6 is 0 Å². The molecule has 29 heavy (non-hydrogen) atoms. The van der Waals surface area contributed by atoms with E-state index in [9.17, 15) is 18.0 Å². The topological polar surface area (TPSA) is 75.6 Å². The number of amides is 1. The molecule has 0 bridgehead atoms. The molecule has 0 aliphatic carbocycles. The van der Waals surface area contributed by atoms with E-state index in [-0.39, 0.29) is 23.7 Å². The van der Waals surface area contributed by atoms with E-state index < -0.39 is 17.6 Å². The quantitative estimate of drug-likeness (QED) is 0.665. The second-order valence-corrected chi connectivity index (χ2v) is 7.22. The van der Waals surface area contributed by atoms with Crippen LogP contribution in [0.5, 0.6) is 0 Å². The maximum Gasteiger partial charge on any atom is 0.416 e. The lowest BCUT2D eigenvalue weighted by molar-refractivity contribution is -0.138. The van der Waals surface area contributed by atoms with Gasteiger partial charge in [0.15, 0.2) is 0 Å². The van der Waals surface area contributed by atoms with Gasteiger partial charge in [0.05, 0.1) is 16.9 Å². The molecule has 154 valence electrons. The van der Waals surface area contributed by atoms with Gasteiger partial charge in [0, 0.05) is 17.9 Å². The standard InChI is InChI=1S/C20H22F3N5O/c1-11(2)17-9-18(26-25-17)19(29)24-10-14-5-6-15(8-16(14)20(21,22)23)28-13(4)7-12(3)27-28/h5-9,11H,10H2,1-4H3,(H,24,29)(H,25,26). The molecule has 0 aliphatic rings. The van der Waals surface area contributed by atoms with E-state index in [1.165, 1.54) is 10.7 Å². The molecule has 1 aromatic carbocycles. The Morgan fingerprint density at radius 3 is 2.48 bits per heavy atom. The van der Waals surface area contributed by atoms with Crippen LogP contribution in [0, 0.1) is 13.8 Å². The van der Waals surface area contributed by atoms with Gasteiger partial charge in [-0.25, -0.2) is 4.68 Å². The van der Waals surface area contributed by atoms with Crippen LogP contribution in [-0.4, -0.2) is 25.9 Å². The van der Waals surface area contributed by atoms with Crippen molar-refractivity contribution in [2.45, 2.75) is 46.3 Å². The van der Waals surface area contributed by atoms with Crippen LogP contribution in [0.4, 0.5) is 13.2 Å². The Hall–Kier alpha value is -3.10. The molecule has 0 spiro atoms. The highest BCUT2D eigenvalue weighted by Crippen LogP contribution is 2.33. The predicted octanol–water partition coefficient (Wildman–Crippen LogP) is 4.28. The monoisotopic (exact) mass is 405 g/mol. The number of hydrogen-bond acceptors (Lipinski definition) is 3. The minimum absolute atomic E-state index is 0.0317. The normalized spacial score (nSPS) is 11.9. The molecule has 0 aliphatic heterocycles. The fourth-order valence-corrected chi connectivity index (χ4v) is 3.02. The van der Waals surface area contributed by atoms with Crippen molar-refractivity contribution in [2.75, 3.05) is 0 Å². The molecule has 2 aromatic heterocycles. The van der Waals surface area contributed by atoms with Gasteiger partial charge < -0.3 is 5.32 Å². The van der Waals surface area contributed by atoms with Crippen molar-refractivity contribution < 1.29 is 18.0 Å². The van der Waals surface area contributed by atoms with Gasteiger partial charge in [-0.2, -0.15) is 23.4 Å². The molecule has 3 aromatic rings. The Bertz CT molecular complexity index is 1030. The highest BCUT2D eigenvalue weighted by Gasteiger charge is 2.34. The second-order valence-electron chi connectivity index (χ2n) is 7.22. The maximum atomic E-state index is 13.6. The number of hydrogen-bond donors (Lipinski definition) is 2. The lowest BCUT2D eigenvalue weighted by Gasteiger charge is -2.15. The number of rotatable bonds is 5. The Morgan fingerprint density at radius 2 is 1.93 bits per heavy atom. The van der Waals surface area contributed by atoms with Crippen molar-refractivity contribution >= 4 is 5.91 Å². The van der Waals surface area contributed by atoms with Gasteiger partial charge in [0.25, 0.3) is 5.91 Å². The number of carbonyl (C=O) groups is 1. The van der Waals surface area contributed by atoms with Gasteiger partial charge in [0.2, 0.25) is 0 Å². The summed E-state index contributed by atoms with van der Waals surface area (Å²) in [7, 11) is 0. The summed E-state index contributed by atoms with van der Waals surface area (Å²) in [5.74, 6) is -0.383. The average Bonchev–Trinajstić information content (AvgIpc) is 3.25. The summed E-state index contributed by atoms with van der Waals surface area (Å²) in [6, 6.07) is 7.35. The first-order valence-electron chi connectivity index (χ1n) is 9.13. The number of alkyl halides is 3. The third-order valence-corrected chi connectivity index (χ3v) is 4.54. The van der Waals surface area contributed by atoms with Crippen molar-refractivity contribution in [2.24, 2.45) is 0 Å². The molecule has 0 saturated carbocycles. The smallest absolute Gasteiger partial charge is 0.347 e. The number of H-pyrrole nitrogens is 1. The highest BCUT2D eigenvalue weighted by molar-refractivity contribution is 5.92. The molecule has 0 fully saturated rings. The summed E-state index contributed by atoms with van der Waals surface area (Å²) in [5.41, 5.74) is 1.83. The number of nitrogens with one attached hydrogen (secondary N) is 2. The van der Waals surface area contributed by atoms with E-state index in [1.54, 1.807) is 32.0 Å². The third-order valence-electron chi connectivity index (χ3n) is 4.54. The van der Waals surface area contributed by atoms with Gasteiger partial charge in [-0.1, -0.05) is 19.9 Å². The minimum Gasteiger partial charge on any atom is -0.347 e. The summed E-state index contributed by atoms with van der Waals surface area (Å²) in [6.07, 6.45) is -4.57. The first-order chi connectivity index (χ1) is 13.6. The summed E-state index contributed by atoms with van der Waals surface area (Å²) in [5, 5.41) is 13.4. The van der Waals surface area contributed by atoms with Crippen molar-refractivity contribution in [3.63, 3.8) is 0 Å². The first-order valence-corrected chi connectivity index (χ1v) is 9.13. The lowest BCUT2D eigenvalue weighted by Crippen LogP contribution is -2.25. The Balaban J connectivity index is 1.84. The van der Waals surface area contributed by atoms with Gasteiger partial charge in [0.1, 0.15) is 5.69 Å². The molecule has 0 unspecified atom stereocenters. The van der Waals surface area contributed by atoms with E-state index in [0.29, 0.717) is 11.4 Å². The molecule has 2 heterocycles. The molecule has 0 radical (unpaired) electrons. The molecule has 2 N–H and O–H groups in total. The largest absolute Gasteiger partial charge is 0.416 e. The van der Waals surface area contributed by atoms with E-state index in [2.05, 4.69) is 20.6 Å². The number of aromatic amines is 1. The lowest BCUT2D eigenvalue weighted by atomic mass is 10.1. The third kappa shape index (κ3) is 4.49. The zero-order chi connectivity index (χ0) is 21.3. The Labute approximate surface area is 166 Å². The number of benzene rings is 1. The number of aromatic nitrogens is 4. The van der Waals surface area contributed by atoms with Crippen LogP contribution in [-0.2, 0) is 12.7 Å². The molecule has 3 rings (SSSR count). The second kappa shape index (κ2) is 7.73. The van der Waals surface area contributed by atoms with Crippen LogP contribution < -0.4 is 5.32 Å². The summed E-state index contributed by atoms with van der Waals surface area (Å²) < 4.78 is 42.4. The van der Waals surface area contributed by atoms with Gasteiger partial charge in [-0.15, -0.1) is 0 Å². The number of halogens is 3. The number of aryl methyl sites for hydroxylation is 2. The minimum atomic E-state index is -4.57.